The van der Waals surface area contributed by atoms with Gasteiger partial charge in [0, 0.05) is 16.8 Å². The van der Waals surface area contributed by atoms with E-state index in [1.807, 2.05) is 18.2 Å². The molecule has 0 radical (unpaired) electrons. The van der Waals surface area contributed by atoms with E-state index in [1.54, 1.807) is 12.1 Å². The van der Waals surface area contributed by atoms with E-state index in [9.17, 15) is 18.0 Å². The van der Waals surface area contributed by atoms with Crippen molar-refractivity contribution in [3.63, 3.8) is 0 Å². The molecule has 0 saturated heterocycles. The van der Waals surface area contributed by atoms with E-state index in [2.05, 4.69) is 10.1 Å². The lowest BCUT2D eigenvalue weighted by Crippen LogP contribution is -2.23. The van der Waals surface area contributed by atoms with E-state index in [0.29, 0.717) is 11.2 Å². The number of hydrogen-bond acceptors (Lipinski definition) is 4. The molecule has 24 heavy (non-hydrogen) atoms. The number of nitrogens with one attached hydrogen (secondary N) is 1. The van der Waals surface area contributed by atoms with Gasteiger partial charge in [0.05, 0.1) is 12.8 Å². The van der Waals surface area contributed by atoms with Crippen LogP contribution in [-0.2, 0) is 4.74 Å². The summed E-state index contributed by atoms with van der Waals surface area (Å²) in [4.78, 5) is 11.5. The number of benzene rings is 2. The first kappa shape index (κ1) is 16.0. The van der Waals surface area contributed by atoms with Crippen molar-refractivity contribution in [3.8, 4) is 5.75 Å². The Hall–Kier alpha value is -2.90. The minimum Gasteiger partial charge on any atom is -0.495 e. The highest BCUT2D eigenvalue weighted by Crippen LogP contribution is 2.36. The molecule has 8 heteroatoms. The lowest BCUT2D eigenvalue weighted by molar-refractivity contribution is -0.159. The van der Waals surface area contributed by atoms with Crippen LogP contribution in [0.1, 0.15) is 0 Å². The first-order valence-electron chi connectivity index (χ1n) is 6.87. The van der Waals surface area contributed by atoms with Crippen LogP contribution in [-0.4, -0.2) is 26.0 Å². The molecule has 1 aromatic heterocycles. The lowest BCUT2D eigenvalue weighted by atomic mass is 10.1. The summed E-state index contributed by atoms with van der Waals surface area (Å²) in [6, 6.07) is 10.4. The van der Waals surface area contributed by atoms with Crippen LogP contribution in [0.25, 0.3) is 21.9 Å². The third-order valence-corrected chi connectivity index (χ3v) is 3.30. The number of para-hydroxylation sites is 1. The fourth-order valence-electron chi connectivity index (χ4n) is 2.31. The molecule has 2 aromatic carbocycles. The lowest BCUT2D eigenvalue weighted by Gasteiger charge is -2.11. The average Bonchev–Trinajstić information content (AvgIpc) is 2.89. The average molecular weight is 339 g/mol. The number of halogens is 3. The summed E-state index contributed by atoms with van der Waals surface area (Å²) in [6.45, 7) is -1.67. The maximum atomic E-state index is 12.1. The number of ether oxygens (including phenoxy) is 2. The molecule has 126 valence electrons. The van der Waals surface area contributed by atoms with Crippen molar-refractivity contribution in [2.45, 2.75) is 6.18 Å². The molecule has 0 aliphatic rings. The molecule has 0 aliphatic carbocycles. The van der Waals surface area contributed by atoms with Gasteiger partial charge in [0.15, 0.2) is 6.61 Å². The summed E-state index contributed by atoms with van der Waals surface area (Å²) >= 11 is 0. The Bertz CT molecular complexity index is 901. The number of amides is 1. The highest BCUT2D eigenvalue weighted by Gasteiger charge is 2.29. The van der Waals surface area contributed by atoms with Crippen molar-refractivity contribution in [2.75, 3.05) is 19.0 Å². The molecule has 0 bridgehead atoms. The maximum absolute atomic E-state index is 12.1. The second-order valence-corrected chi connectivity index (χ2v) is 4.96. The number of carbonyl (C=O) groups is 1. The number of rotatable bonds is 3. The van der Waals surface area contributed by atoms with Crippen LogP contribution >= 0.6 is 0 Å². The van der Waals surface area contributed by atoms with Crippen LogP contribution in [0.4, 0.5) is 23.7 Å². The normalized spacial score (nSPS) is 11.7. The van der Waals surface area contributed by atoms with Crippen LogP contribution in [0.3, 0.4) is 0 Å². The van der Waals surface area contributed by atoms with Gasteiger partial charge in [-0.2, -0.15) is 13.2 Å². The van der Waals surface area contributed by atoms with Gasteiger partial charge in [-0.3, -0.25) is 5.32 Å². The Balaban J connectivity index is 1.92. The van der Waals surface area contributed by atoms with Crippen LogP contribution in [0.15, 0.2) is 40.8 Å². The Morgan fingerprint density at radius 2 is 1.92 bits per heavy atom. The zero-order valence-electron chi connectivity index (χ0n) is 12.4. The van der Waals surface area contributed by atoms with Crippen LogP contribution in [0.2, 0.25) is 0 Å². The molecule has 0 unspecified atom stereocenters. The Kier molecular flexibility index (Phi) is 3.96. The summed E-state index contributed by atoms with van der Waals surface area (Å²) in [5.41, 5.74) is 1.26. The number of fused-ring (bicyclic) bond motifs is 3. The number of methoxy groups -OCH3 is 1. The quantitative estimate of drug-likeness (QED) is 0.751. The fourth-order valence-corrected chi connectivity index (χ4v) is 2.31. The van der Waals surface area contributed by atoms with Gasteiger partial charge in [0.2, 0.25) is 0 Å². The Morgan fingerprint density at radius 1 is 1.17 bits per heavy atom. The summed E-state index contributed by atoms with van der Waals surface area (Å²) < 4.78 is 51.2. The first-order chi connectivity index (χ1) is 11.4. The predicted octanol–water partition coefficient (Wildman–Crippen LogP) is 4.71. The van der Waals surface area contributed by atoms with E-state index >= 15 is 0 Å². The maximum Gasteiger partial charge on any atom is 0.422 e. The summed E-state index contributed by atoms with van der Waals surface area (Å²) in [5.74, 6) is 0.276. The minimum atomic E-state index is -4.59. The van der Waals surface area contributed by atoms with Crippen molar-refractivity contribution >= 4 is 33.7 Å². The smallest absolute Gasteiger partial charge is 0.422 e. The number of alkyl halides is 3. The first-order valence-corrected chi connectivity index (χ1v) is 6.87. The van der Waals surface area contributed by atoms with Crippen molar-refractivity contribution in [1.82, 2.24) is 0 Å². The third-order valence-electron chi connectivity index (χ3n) is 3.30. The molecule has 0 aliphatic heterocycles. The SMILES string of the molecule is COc1cc2c(cc1NC(=O)OCC(F)(F)F)oc1ccccc12. The number of hydrogen-bond donors (Lipinski definition) is 1. The van der Waals surface area contributed by atoms with Crippen LogP contribution in [0.5, 0.6) is 5.75 Å². The molecule has 0 saturated carbocycles. The molecular formula is C16H12F3NO4. The molecule has 1 N–H and O–H groups in total. The molecule has 1 heterocycles. The Morgan fingerprint density at radius 3 is 2.62 bits per heavy atom. The van der Waals surface area contributed by atoms with Gasteiger partial charge in [-0.25, -0.2) is 4.79 Å². The highest BCUT2D eigenvalue weighted by atomic mass is 19.4. The molecule has 3 rings (SSSR count). The predicted molar refractivity (Wildman–Crippen MR) is 81.3 cm³/mol. The zero-order valence-corrected chi connectivity index (χ0v) is 12.4. The molecule has 1 amide bonds. The highest BCUT2D eigenvalue weighted by molar-refractivity contribution is 6.07. The van der Waals surface area contributed by atoms with Gasteiger partial charge < -0.3 is 13.9 Å². The Labute approximate surface area is 133 Å². The molecular weight excluding hydrogens is 327 g/mol. The monoisotopic (exact) mass is 339 g/mol. The topological polar surface area (TPSA) is 60.7 Å². The van der Waals surface area contributed by atoms with E-state index in [-0.39, 0.29) is 11.4 Å². The van der Waals surface area contributed by atoms with Crippen molar-refractivity contribution in [3.05, 3.63) is 36.4 Å². The van der Waals surface area contributed by atoms with Gasteiger partial charge in [0.1, 0.15) is 16.9 Å². The van der Waals surface area contributed by atoms with E-state index in [0.717, 1.165) is 10.8 Å². The fraction of sp³-hybridized carbons (Fsp3) is 0.188. The largest absolute Gasteiger partial charge is 0.495 e. The van der Waals surface area contributed by atoms with Crippen molar-refractivity contribution < 1.29 is 31.9 Å². The van der Waals surface area contributed by atoms with Gasteiger partial charge >= 0.3 is 12.3 Å². The van der Waals surface area contributed by atoms with Crippen LogP contribution in [0, 0.1) is 0 Å². The molecule has 5 nitrogen and oxygen atoms in total. The van der Waals surface area contributed by atoms with E-state index < -0.39 is 18.9 Å². The number of carbonyl (C=O) groups excluding carboxylic acids is 1. The molecule has 0 spiro atoms. The van der Waals surface area contributed by atoms with Crippen LogP contribution < -0.4 is 10.1 Å². The summed E-state index contributed by atoms with van der Waals surface area (Å²) in [6.07, 6.45) is -5.83. The zero-order chi connectivity index (χ0) is 17.3. The van der Waals surface area contributed by atoms with Gasteiger partial charge in [-0.1, -0.05) is 18.2 Å². The number of furan rings is 1. The third kappa shape index (κ3) is 3.22. The summed E-state index contributed by atoms with van der Waals surface area (Å²) in [5, 5.41) is 3.84. The van der Waals surface area contributed by atoms with Gasteiger partial charge in [-0.15, -0.1) is 0 Å². The van der Waals surface area contributed by atoms with Crippen molar-refractivity contribution in [2.24, 2.45) is 0 Å². The molecule has 3 aromatic rings. The second kappa shape index (κ2) is 5.95. The molecule has 0 fully saturated rings. The van der Waals surface area contributed by atoms with Gasteiger partial charge in [-0.05, 0) is 12.1 Å². The molecule has 0 atom stereocenters. The van der Waals surface area contributed by atoms with Crippen molar-refractivity contribution in [1.29, 1.82) is 0 Å². The minimum absolute atomic E-state index is 0.149. The standard InChI is InChI=1S/C16H12F3NO4/c1-22-14-6-10-9-4-2-3-5-12(9)24-13(10)7-11(14)20-15(21)23-8-16(17,18)19/h2-7H,8H2,1H3,(H,20,21). The van der Waals surface area contributed by atoms with E-state index in [4.69, 9.17) is 9.15 Å². The number of anilines is 1. The van der Waals surface area contributed by atoms with E-state index in [1.165, 1.54) is 13.2 Å². The van der Waals surface area contributed by atoms with Gasteiger partial charge in [0.25, 0.3) is 0 Å². The second-order valence-electron chi connectivity index (χ2n) is 4.96. The summed E-state index contributed by atoms with van der Waals surface area (Å²) in [7, 11) is 1.38.